The third kappa shape index (κ3) is 7.32. The van der Waals surface area contributed by atoms with E-state index in [1.807, 2.05) is 0 Å². The lowest BCUT2D eigenvalue weighted by Crippen LogP contribution is -2.29. The minimum absolute atomic E-state index is 0.667. The first-order chi connectivity index (χ1) is 41.7. The van der Waals surface area contributed by atoms with Gasteiger partial charge in [-0.15, -0.1) is 0 Å². The zero-order valence-electron chi connectivity index (χ0n) is 45.8. The van der Waals surface area contributed by atoms with Gasteiger partial charge < -0.3 is 13.9 Å². The van der Waals surface area contributed by atoms with Crippen LogP contribution in [0.25, 0.3) is 115 Å². The molecule has 392 valence electrons. The number of rotatable bonds is 9. The van der Waals surface area contributed by atoms with E-state index in [1.165, 1.54) is 82.7 Å². The molecule has 0 bridgehead atoms. The summed E-state index contributed by atoms with van der Waals surface area (Å²) in [4.78, 5) is 2.41. The van der Waals surface area contributed by atoms with Crippen molar-refractivity contribution in [2.45, 2.75) is 5.41 Å². The number of aromatic nitrogens is 1. The first-order valence-corrected chi connectivity index (χ1v) is 29.0. The van der Waals surface area contributed by atoms with Crippen LogP contribution >= 0.6 is 0 Å². The molecule has 1 aliphatic rings. The number of hydrogen-bond donors (Lipinski definition) is 0. The van der Waals surface area contributed by atoms with Crippen molar-refractivity contribution in [2.24, 2.45) is 0 Å². The topological polar surface area (TPSA) is 21.3 Å². The van der Waals surface area contributed by atoms with Gasteiger partial charge in [0, 0.05) is 50.1 Å². The molecule has 14 aromatic carbocycles. The van der Waals surface area contributed by atoms with Crippen LogP contribution in [0.3, 0.4) is 0 Å². The largest absolute Gasteiger partial charge is 0.456 e. The second kappa shape index (κ2) is 19.1. The molecule has 0 N–H and O–H groups in total. The molecule has 84 heavy (non-hydrogen) atoms. The van der Waals surface area contributed by atoms with Gasteiger partial charge in [-0.05, 0) is 150 Å². The van der Waals surface area contributed by atoms with E-state index in [1.54, 1.807) is 0 Å². The third-order valence-electron chi connectivity index (χ3n) is 17.8. The van der Waals surface area contributed by atoms with Crippen molar-refractivity contribution >= 4 is 82.4 Å². The molecule has 0 amide bonds. The van der Waals surface area contributed by atoms with E-state index < -0.39 is 5.41 Å². The van der Waals surface area contributed by atoms with Crippen molar-refractivity contribution < 1.29 is 4.42 Å². The maximum Gasteiger partial charge on any atom is 0.137 e. The summed E-state index contributed by atoms with van der Waals surface area (Å²) in [7, 11) is 0. The molecule has 1 atom stereocenters. The van der Waals surface area contributed by atoms with Crippen LogP contribution in [-0.4, -0.2) is 4.57 Å². The molecule has 2 aromatic heterocycles. The molecule has 0 saturated heterocycles. The predicted molar refractivity (Wildman–Crippen MR) is 351 cm³/mol. The molecule has 2 heterocycles. The number of nitrogens with zero attached hydrogens (tertiary/aromatic N) is 2. The van der Waals surface area contributed by atoms with Gasteiger partial charge in [0.25, 0.3) is 0 Å². The summed E-state index contributed by atoms with van der Waals surface area (Å²) < 4.78 is 9.22. The van der Waals surface area contributed by atoms with Crippen LogP contribution in [0.1, 0.15) is 22.3 Å². The van der Waals surface area contributed by atoms with E-state index in [4.69, 9.17) is 4.42 Å². The molecule has 0 saturated carbocycles. The van der Waals surface area contributed by atoms with Crippen molar-refractivity contribution in [3.63, 3.8) is 0 Å². The number of para-hydroxylation sites is 1. The summed E-state index contributed by atoms with van der Waals surface area (Å²) in [5, 5.41) is 9.31. The van der Waals surface area contributed by atoms with Gasteiger partial charge in [-0.3, -0.25) is 0 Å². The van der Waals surface area contributed by atoms with Gasteiger partial charge in [-0.1, -0.05) is 243 Å². The zero-order chi connectivity index (χ0) is 55.3. The molecule has 3 nitrogen and oxygen atoms in total. The Bertz CT molecular complexity index is 5250. The average molecular weight is 1070 g/mol. The molecule has 1 aliphatic carbocycles. The van der Waals surface area contributed by atoms with Crippen LogP contribution in [0.5, 0.6) is 0 Å². The van der Waals surface area contributed by atoms with Gasteiger partial charge >= 0.3 is 0 Å². The van der Waals surface area contributed by atoms with E-state index in [2.05, 4.69) is 325 Å². The van der Waals surface area contributed by atoms with Gasteiger partial charge in [0.05, 0.1) is 22.1 Å². The lowest BCUT2D eigenvalue weighted by Gasteiger charge is -2.36. The Labute approximate surface area is 486 Å². The maximum atomic E-state index is 6.76. The Hall–Kier alpha value is -11.0. The highest BCUT2D eigenvalue weighted by Gasteiger charge is 2.48. The SMILES string of the molecule is c1ccc(-c2cccc(C3(c4ccccc4)c4ccccc4-c4ccc(-c5ccccc5)c(-c5ccc(-n6c7ccccc7c7ccc(N(c8ccc9c(c8)oc8cc%10ccccc%10cc89)c8cccc9ccccc89)cc76)cc5)c43)c2)cc1. The highest BCUT2D eigenvalue weighted by molar-refractivity contribution is 6.13. The Balaban J connectivity index is 0.875. The molecular formula is C81H52N2O. The predicted octanol–water partition coefficient (Wildman–Crippen LogP) is 21.8. The fourth-order valence-electron chi connectivity index (χ4n) is 14.1. The molecule has 17 rings (SSSR count). The Morgan fingerprint density at radius 3 is 1.70 bits per heavy atom. The Morgan fingerprint density at radius 1 is 0.310 bits per heavy atom. The molecule has 0 radical (unpaired) electrons. The van der Waals surface area contributed by atoms with Crippen molar-refractivity contribution in [2.75, 3.05) is 4.90 Å². The number of anilines is 3. The highest BCUT2D eigenvalue weighted by Crippen LogP contribution is 2.60. The molecule has 0 aliphatic heterocycles. The summed E-state index contributed by atoms with van der Waals surface area (Å²) in [6.45, 7) is 0. The lowest BCUT2D eigenvalue weighted by atomic mass is 9.65. The summed E-state index contributed by atoms with van der Waals surface area (Å²) in [6.07, 6.45) is 0. The quantitative estimate of drug-likeness (QED) is 0.144. The smallest absolute Gasteiger partial charge is 0.137 e. The molecule has 16 aromatic rings. The molecule has 1 unspecified atom stereocenters. The number of fused-ring (bicyclic) bond motifs is 11. The van der Waals surface area contributed by atoms with Crippen LogP contribution in [0, 0.1) is 0 Å². The molecule has 0 fully saturated rings. The van der Waals surface area contributed by atoms with Crippen molar-refractivity contribution in [1.29, 1.82) is 0 Å². The van der Waals surface area contributed by atoms with Gasteiger partial charge in [0.2, 0.25) is 0 Å². The van der Waals surface area contributed by atoms with Crippen LogP contribution in [0.15, 0.2) is 320 Å². The summed E-state index contributed by atoms with van der Waals surface area (Å²) in [5.41, 5.74) is 22.2. The second-order valence-corrected chi connectivity index (χ2v) is 22.3. The van der Waals surface area contributed by atoms with Crippen molar-refractivity contribution in [1.82, 2.24) is 4.57 Å². The van der Waals surface area contributed by atoms with Gasteiger partial charge in [-0.25, -0.2) is 0 Å². The maximum absolute atomic E-state index is 6.76. The van der Waals surface area contributed by atoms with Crippen LogP contribution in [0.4, 0.5) is 17.1 Å². The molecule has 3 heteroatoms. The van der Waals surface area contributed by atoms with Gasteiger partial charge in [0.15, 0.2) is 0 Å². The van der Waals surface area contributed by atoms with E-state index in [0.717, 1.165) is 72.1 Å². The van der Waals surface area contributed by atoms with E-state index >= 15 is 0 Å². The number of furan rings is 1. The number of hydrogen-bond acceptors (Lipinski definition) is 2. The second-order valence-electron chi connectivity index (χ2n) is 22.3. The van der Waals surface area contributed by atoms with Crippen molar-refractivity contribution in [3.8, 4) is 50.2 Å². The third-order valence-corrected chi connectivity index (χ3v) is 17.8. The molecule has 0 spiro atoms. The van der Waals surface area contributed by atoms with E-state index in [0.29, 0.717) is 0 Å². The van der Waals surface area contributed by atoms with Gasteiger partial charge in [0.1, 0.15) is 11.2 Å². The Kier molecular flexibility index (Phi) is 10.8. The standard InChI is InChI=1S/C81H52N2O/c1-4-20-53(21-5-1)57-28-18-31-61(48-57)81(60-29-8-3-9-30-60)73-35-16-14-33-67(73)71-47-46-66(55-22-6-2-7-23-55)79(80(71)81)56-38-40-62(41-39-56)83-75-36-17-15-34-68(75)69-44-42-63(51-76(69)83)82(74-37-19-27-54-24-12-13-32-65(54)74)64-43-45-70-72-49-58-25-10-11-26-59(58)50-77(72)84-78(70)52-64/h1-52H. The lowest BCUT2D eigenvalue weighted by molar-refractivity contribution is 0.669. The molecular weight excluding hydrogens is 1020 g/mol. The van der Waals surface area contributed by atoms with Crippen molar-refractivity contribution in [3.05, 3.63) is 338 Å². The fraction of sp³-hybridized carbons (Fsp3) is 0.0123. The summed E-state index contributed by atoms with van der Waals surface area (Å²) in [6, 6.07) is 116. The van der Waals surface area contributed by atoms with Gasteiger partial charge in [-0.2, -0.15) is 0 Å². The van der Waals surface area contributed by atoms with Crippen LogP contribution < -0.4 is 4.90 Å². The Morgan fingerprint density at radius 2 is 0.893 bits per heavy atom. The fourth-order valence-corrected chi connectivity index (χ4v) is 14.1. The van der Waals surface area contributed by atoms with Crippen LogP contribution in [-0.2, 0) is 5.41 Å². The normalized spacial score (nSPS) is 13.8. The first kappa shape index (κ1) is 47.8. The number of benzene rings is 14. The monoisotopic (exact) mass is 1070 g/mol. The van der Waals surface area contributed by atoms with E-state index in [-0.39, 0.29) is 0 Å². The summed E-state index contributed by atoms with van der Waals surface area (Å²) >= 11 is 0. The highest BCUT2D eigenvalue weighted by atomic mass is 16.3. The van der Waals surface area contributed by atoms with Crippen LogP contribution in [0.2, 0.25) is 0 Å². The summed E-state index contributed by atoms with van der Waals surface area (Å²) in [5.74, 6) is 0. The minimum Gasteiger partial charge on any atom is -0.456 e. The minimum atomic E-state index is -0.667. The first-order valence-electron chi connectivity index (χ1n) is 29.0. The van der Waals surface area contributed by atoms with E-state index in [9.17, 15) is 0 Å². The average Bonchev–Trinajstić information content (AvgIpc) is 1.72. The zero-order valence-corrected chi connectivity index (χ0v) is 45.8.